The van der Waals surface area contributed by atoms with Crippen LogP contribution in [0.15, 0.2) is 24.7 Å². The summed E-state index contributed by atoms with van der Waals surface area (Å²) in [6, 6.07) is 2.11. The SMILES string of the molecule is CCCS(=O)(=O)Cc1ccc(F)c(Nc2ncnc3cnc(N4CC[C@H](F)C4)nc23)c1F. The van der Waals surface area contributed by atoms with E-state index < -0.39 is 39.1 Å². The number of hydrogen-bond acceptors (Lipinski definition) is 8. The van der Waals surface area contributed by atoms with Gasteiger partial charge in [0.05, 0.1) is 24.2 Å². The quantitative estimate of drug-likeness (QED) is 0.566. The Morgan fingerprint density at radius 1 is 1.22 bits per heavy atom. The first-order valence-electron chi connectivity index (χ1n) is 10.1. The number of anilines is 3. The Kier molecular flexibility index (Phi) is 6.13. The van der Waals surface area contributed by atoms with Crippen LogP contribution in [-0.4, -0.2) is 53.4 Å². The van der Waals surface area contributed by atoms with E-state index in [-0.39, 0.29) is 35.1 Å². The fraction of sp³-hybridized carbons (Fsp3) is 0.400. The minimum atomic E-state index is -3.54. The molecule has 1 aromatic carbocycles. The third kappa shape index (κ3) is 4.59. The third-order valence-electron chi connectivity index (χ3n) is 5.08. The second-order valence-corrected chi connectivity index (χ2v) is 9.75. The highest BCUT2D eigenvalue weighted by Crippen LogP contribution is 2.29. The van der Waals surface area contributed by atoms with Gasteiger partial charge in [-0.25, -0.2) is 41.5 Å². The number of sulfone groups is 1. The molecule has 0 radical (unpaired) electrons. The molecule has 0 amide bonds. The highest BCUT2D eigenvalue weighted by Gasteiger charge is 2.25. The molecule has 3 aromatic rings. The number of fused-ring (bicyclic) bond motifs is 1. The molecule has 1 aliphatic rings. The summed E-state index contributed by atoms with van der Waals surface area (Å²) in [5.74, 6) is -2.31. The highest BCUT2D eigenvalue weighted by molar-refractivity contribution is 7.90. The Morgan fingerprint density at radius 3 is 2.75 bits per heavy atom. The molecule has 0 bridgehead atoms. The molecule has 4 rings (SSSR count). The topological polar surface area (TPSA) is 101 Å². The van der Waals surface area contributed by atoms with Crippen LogP contribution in [0.25, 0.3) is 11.0 Å². The summed E-state index contributed by atoms with van der Waals surface area (Å²) in [6.45, 7) is 2.30. The summed E-state index contributed by atoms with van der Waals surface area (Å²) in [5.41, 5.74) is -0.172. The zero-order valence-electron chi connectivity index (χ0n) is 17.2. The van der Waals surface area contributed by atoms with E-state index in [0.717, 1.165) is 12.1 Å². The van der Waals surface area contributed by atoms with E-state index in [1.807, 2.05) is 0 Å². The van der Waals surface area contributed by atoms with Gasteiger partial charge in [-0.1, -0.05) is 13.0 Å². The van der Waals surface area contributed by atoms with Crippen molar-refractivity contribution in [2.75, 3.05) is 29.1 Å². The van der Waals surface area contributed by atoms with Crippen molar-refractivity contribution >= 4 is 38.3 Å². The lowest BCUT2D eigenvalue weighted by atomic mass is 10.2. The van der Waals surface area contributed by atoms with E-state index in [2.05, 4.69) is 25.3 Å². The van der Waals surface area contributed by atoms with Crippen LogP contribution in [0.2, 0.25) is 0 Å². The molecule has 8 nitrogen and oxygen atoms in total. The molecule has 0 saturated carbocycles. The lowest BCUT2D eigenvalue weighted by Gasteiger charge is -2.16. The van der Waals surface area contributed by atoms with E-state index >= 15 is 4.39 Å². The van der Waals surface area contributed by atoms with Crippen molar-refractivity contribution in [1.82, 2.24) is 19.9 Å². The first-order valence-corrected chi connectivity index (χ1v) is 11.9. The van der Waals surface area contributed by atoms with Crippen LogP contribution in [0, 0.1) is 11.6 Å². The molecule has 1 aliphatic heterocycles. The maximum Gasteiger partial charge on any atom is 0.226 e. The molecule has 3 heterocycles. The van der Waals surface area contributed by atoms with Crippen LogP contribution in [0.5, 0.6) is 0 Å². The van der Waals surface area contributed by atoms with E-state index in [0.29, 0.717) is 24.9 Å². The van der Waals surface area contributed by atoms with Gasteiger partial charge in [0, 0.05) is 12.1 Å². The van der Waals surface area contributed by atoms with Gasteiger partial charge in [0.15, 0.2) is 21.5 Å². The van der Waals surface area contributed by atoms with Crippen LogP contribution < -0.4 is 10.2 Å². The first kappa shape index (κ1) is 22.2. The van der Waals surface area contributed by atoms with E-state index in [4.69, 9.17) is 0 Å². The van der Waals surface area contributed by atoms with E-state index in [1.165, 1.54) is 12.5 Å². The summed E-state index contributed by atoms with van der Waals surface area (Å²) < 4.78 is 67.4. The number of hydrogen-bond donors (Lipinski definition) is 1. The minimum Gasteiger partial charge on any atom is -0.338 e. The van der Waals surface area contributed by atoms with Crippen molar-refractivity contribution in [2.45, 2.75) is 31.7 Å². The van der Waals surface area contributed by atoms with Crippen molar-refractivity contribution in [3.8, 4) is 0 Å². The van der Waals surface area contributed by atoms with Crippen LogP contribution in [0.4, 0.5) is 30.6 Å². The molecular formula is C20H21F3N6O2S. The van der Waals surface area contributed by atoms with Crippen molar-refractivity contribution in [2.24, 2.45) is 0 Å². The first-order chi connectivity index (χ1) is 15.3. The number of aromatic nitrogens is 4. The van der Waals surface area contributed by atoms with Crippen LogP contribution in [0.3, 0.4) is 0 Å². The van der Waals surface area contributed by atoms with Crippen LogP contribution >= 0.6 is 0 Å². The largest absolute Gasteiger partial charge is 0.338 e. The van der Waals surface area contributed by atoms with Gasteiger partial charge >= 0.3 is 0 Å². The van der Waals surface area contributed by atoms with Gasteiger partial charge in [-0.3, -0.25) is 0 Å². The Labute approximate surface area is 182 Å². The molecule has 170 valence electrons. The van der Waals surface area contributed by atoms with E-state index in [9.17, 15) is 17.2 Å². The van der Waals surface area contributed by atoms with Gasteiger partial charge in [0.1, 0.15) is 35.0 Å². The summed E-state index contributed by atoms with van der Waals surface area (Å²) >= 11 is 0. The lowest BCUT2D eigenvalue weighted by Crippen LogP contribution is -2.22. The summed E-state index contributed by atoms with van der Waals surface area (Å²) in [7, 11) is -3.54. The average Bonchev–Trinajstić information content (AvgIpc) is 3.19. The highest BCUT2D eigenvalue weighted by atomic mass is 32.2. The summed E-state index contributed by atoms with van der Waals surface area (Å²) in [4.78, 5) is 18.3. The fourth-order valence-corrected chi connectivity index (χ4v) is 5.01. The Morgan fingerprint density at radius 2 is 2.03 bits per heavy atom. The summed E-state index contributed by atoms with van der Waals surface area (Å²) in [6.07, 6.45) is 2.39. The Hall–Kier alpha value is -3.02. The second-order valence-electron chi connectivity index (χ2n) is 7.57. The number of alkyl halides is 1. The van der Waals surface area contributed by atoms with Crippen molar-refractivity contribution in [3.05, 3.63) is 41.9 Å². The molecule has 1 fully saturated rings. The number of halogens is 3. The molecular weight excluding hydrogens is 445 g/mol. The second kappa shape index (κ2) is 8.85. The van der Waals surface area contributed by atoms with Crippen molar-refractivity contribution < 1.29 is 21.6 Å². The molecule has 12 heteroatoms. The van der Waals surface area contributed by atoms with Gasteiger partial charge < -0.3 is 10.2 Å². The van der Waals surface area contributed by atoms with Gasteiger partial charge in [-0.15, -0.1) is 0 Å². The number of rotatable bonds is 7. The maximum atomic E-state index is 15.1. The van der Waals surface area contributed by atoms with Crippen molar-refractivity contribution in [3.63, 3.8) is 0 Å². The van der Waals surface area contributed by atoms with E-state index in [1.54, 1.807) is 11.8 Å². The standard InChI is InChI=1S/C20H21F3N6O2S/c1-2-7-32(30,31)10-12-3-4-14(22)17(16(12)23)27-19-18-15(25-11-26-19)8-24-20(28-18)29-6-5-13(21)9-29/h3-4,8,11,13H,2,5-7,9-10H2,1H3,(H,25,26,27)/t13-/m0/s1. The fourth-order valence-electron chi connectivity index (χ4n) is 3.55. The minimum absolute atomic E-state index is 0.0148. The molecule has 0 aliphatic carbocycles. The monoisotopic (exact) mass is 466 g/mol. The lowest BCUT2D eigenvalue weighted by molar-refractivity contribution is 0.364. The molecule has 32 heavy (non-hydrogen) atoms. The molecule has 1 atom stereocenters. The van der Waals surface area contributed by atoms with Crippen LogP contribution in [0.1, 0.15) is 25.3 Å². The number of benzene rings is 1. The molecule has 0 unspecified atom stereocenters. The zero-order chi connectivity index (χ0) is 22.9. The third-order valence-corrected chi connectivity index (χ3v) is 6.86. The summed E-state index contributed by atoms with van der Waals surface area (Å²) in [5, 5.41) is 2.59. The molecule has 1 N–H and O–H groups in total. The van der Waals surface area contributed by atoms with Gasteiger partial charge in [-0.2, -0.15) is 0 Å². The zero-order valence-corrected chi connectivity index (χ0v) is 18.0. The molecule has 2 aromatic heterocycles. The van der Waals surface area contributed by atoms with Crippen molar-refractivity contribution in [1.29, 1.82) is 0 Å². The predicted molar refractivity (Wildman–Crippen MR) is 114 cm³/mol. The van der Waals surface area contributed by atoms with Gasteiger partial charge in [0.2, 0.25) is 5.95 Å². The Bertz CT molecular complexity index is 1260. The average molecular weight is 466 g/mol. The smallest absolute Gasteiger partial charge is 0.226 e. The normalized spacial score (nSPS) is 16.6. The van der Waals surface area contributed by atoms with Crippen LogP contribution in [-0.2, 0) is 15.6 Å². The Balaban J connectivity index is 1.71. The number of nitrogens with zero attached hydrogens (tertiary/aromatic N) is 5. The predicted octanol–water partition coefficient (Wildman–Crippen LogP) is 3.31. The maximum absolute atomic E-state index is 15.1. The number of nitrogens with one attached hydrogen (secondary N) is 1. The molecule has 1 saturated heterocycles. The molecule has 0 spiro atoms. The van der Waals surface area contributed by atoms with Gasteiger partial charge in [-0.05, 0) is 18.9 Å². The van der Waals surface area contributed by atoms with Gasteiger partial charge in [0.25, 0.3) is 0 Å².